The van der Waals surface area contributed by atoms with E-state index >= 15 is 0 Å². The number of amidine groups is 1. The van der Waals surface area contributed by atoms with Gasteiger partial charge in [0.05, 0.1) is 34.3 Å². The number of rotatable bonds is 7. The molecule has 1 aromatic heterocycles. The van der Waals surface area contributed by atoms with Crippen LogP contribution in [-0.2, 0) is 9.53 Å². The van der Waals surface area contributed by atoms with E-state index in [-0.39, 0.29) is 16.5 Å². The zero-order valence-corrected chi connectivity index (χ0v) is 19.1. The molecule has 1 saturated heterocycles. The summed E-state index contributed by atoms with van der Waals surface area (Å²) >= 11 is 7.33. The third kappa shape index (κ3) is 5.19. The van der Waals surface area contributed by atoms with Crippen molar-refractivity contribution >= 4 is 52.2 Å². The van der Waals surface area contributed by atoms with Crippen molar-refractivity contribution in [3.05, 3.63) is 81.9 Å². The van der Waals surface area contributed by atoms with E-state index in [1.54, 1.807) is 36.3 Å². The van der Waals surface area contributed by atoms with E-state index in [0.29, 0.717) is 40.3 Å². The van der Waals surface area contributed by atoms with Crippen LogP contribution in [0, 0.1) is 0 Å². The van der Waals surface area contributed by atoms with Crippen LogP contribution in [0.2, 0.25) is 5.02 Å². The summed E-state index contributed by atoms with van der Waals surface area (Å²) in [5.41, 5.74) is 1.40. The van der Waals surface area contributed by atoms with E-state index in [1.165, 1.54) is 23.9 Å². The molecule has 1 fully saturated rings. The van der Waals surface area contributed by atoms with Gasteiger partial charge in [-0.25, -0.2) is 9.79 Å². The summed E-state index contributed by atoms with van der Waals surface area (Å²) in [6, 6.07) is 17.5. The molecule has 3 aromatic rings. The number of methoxy groups -OCH3 is 1. The molecular formula is C24H19ClN2O5S. The summed E-state index contributed by atoms with van der Waals surface area (Å²) in [4.78, 5) is 30.9. The summed E-state index contributed by atoms with van der Waals surface area (Å²) in [5.74, 6) is -0.296. The number of amides is 1. The monoisotopic (exact) mass is 482 g/mol. The van der Waals surface area contributed by atoms with Crippen LogP contribution in [0.25, 0.3) is 17.4 Å². The third-order valence-corrected chi connectivity index (χ3v) is 6.09. The molecule has 33 heavy (non-hydrogen) atoms. The molecule has 0 atom stereocenters. The summed E-state index contributed by atoms with van der Waals surface area (Å²) < 4.78 is 11.0. The number of hydrogen-bond acceptors (Lipinski definition) is 6. The first kappa shape index (κ1) is 22.8. The number of thioether (sulfide) groups is 1. The van der Waals surface area contributed by atoms with Gasteiger partial charge in [-0.05, 0) is 48.2 Å². The van der Waals surface area contributed by atoms with Crippen LogP contribution in [0.15, 0.2) is 75.0 Å². The van der Waals surface area contributed by atoms with Gasteiger partial charge in [-0.15, -0.1) is 0 Å². The van der Waals surface area contributed by atoms with E-state index in [1.807, 2.05) is 30.3 Å². The lowest BCUT2D eigenvalue weighted by Crippen LogP contribution is -2.32. The van der Waals surface area contributed by atoms with Crippen LogP contribution in [0.5, 0.6) is 0 Å². The summed E-state index contributed by atoms with van der Waals surface area (Å²) in [7, 11) is 1.58. The van der Waals surface area contributed by atoms with Crippen LogP contribution < -0.4 is 0 Å². The lowest BCUT2D eigenvalue weighted by Gasteiger charge is -2.14. The Hall–Kier alpha value is -3.33. The van der Waals surface area contributed by atoms with Crippen LogP contribution >= 0.6 is 23.4 Å². The predicted molar refractivity (Wildman–Crippen MR) is 129 cm³/mol. The number of carboxylic acid groups (broad SMARTS) is 1. The van der Waals surface area contributed by atoms with E-state index in [9.17, 15) is 9.59 Å². The number of hydrogen-bond donors (Lipinski definition) is 1. The maximum atomic E-state index is 13.0. The fourth-order valence-corrected chi connectivity index (χ4v) is 4.41. The zero-order chi connectivity index (χ0) is 23.4. The fourth-order valence-electron chi connectivity index (χ4n) is 3.14. The Morgan fingerprint density at radius 1 is 1.21 bits per heavy atom. The topological polar surface area (TPSA) is 92.3 Å². The van der Waals surface area contributed by atoms with Gasteiger partial charge in [0.25, 0.3) is 5.91 Å². The first-order valence-corrected chi connectivity index (χ1v) is 11.1. The molecule has 0 bridgehead atoms. The van der Waals surface area contributed by atoms with Crippen LogP contribution in [0.4, 0.5) is 5.69 Å². The van der Waals surface area contributed by atoms with Gasteiger partial charge in [0.2, 0.25) is 0 Å². The van der Waals surface area contributed by atoms with Crippen molar-refractivity contribution in [2.75, 3.05) is 20.3 Å². The summed E-state index contributed by atoms with van der Waals surface area (Å²) in [6.07, 6.45) is 1.66. The number of carboxylic acids is 1. The molecule has 168 valence electrons. The Labute approximate surface area is 199 Å². The highest BCUT2D eigenvalue weighted by Crippen LogP contribution is 2.35. The van der Waals surface area contributed by atoms with Gasteiger partial charge < -0.3 is 14.3 Å². The van der Waals surface area contributed by atoms with Gasteiger partial charge in [-0.3, -0.25) is 9.69 Å². The molecular weight excluding hydrogens is 464 g/mol. The van der Waals surface area contributed by atoms with Crippen molar-refractivity contribution < 1.29 is 23.8 Å². The van der Waals surface area contributed by atoms with Gasteiger partial charge in [0.15, 0.2) is 5.17 Å². The minimum absolute atomic E-state index is 0.0173. The molecule has 2 aromatic carbocycles. The van der Waals surface area contributed by atoms with Crippen LogP contribution in [0.3, 0.4) is 0 Å². The molecule has 2 heterocycles. The average Bonchev–Trinajstić information content (AvgIpc) is 3.38. The van der Waals surface area contributed by atoms with E-state index in [4.69, 9.17) is 25.9 Å². The maximum Gasteiger partial charge on any atom is 0.337 e. The number of aromatic carboxylic acids is 1. The predicted octanol–water partition coefficient (Wildman–Crippen LogP) is 5.55. The largest absolute Gasteiger partial charge is 0.478 e. The number of aliphatic imine (C=N–C) groups is 1. The lowest BCUT2D eigenvalue weighted by atomic mass is 10.1. The molecule has 0 radical (unpaired) electrons. The van der Waals surface area contributed by atoms with E-state index in [2.05, 4.69) is 4.99 Å². The van der Waals surface area contributed by atoms with E-state index < -0.39 is 5.97 Å². The lowest BCUT2D eigenvalue weighted by molar-refractivity contribution is -0.122. The molecule has 1 aliphatic rings. The molecule has 0 unspecified atom stereocenters. The maximum absolute atomic E-state index is 13.0. The third-order valence-electron chi connectivity index (χ3n) is 4.77. The fraction of sp³-hybridized carbons (Fsp3) is 0.125. The first-order chi connectivity index (χ1) is 16.0. The number of furan rings is 1. The van der Waals surface area contributed by atoms with Crippen molar-refractivity contribution in [3.63, 3.8) is 0 Å². The van der Waals surface area contributed by atoms with E-state index in [0.717, 1.165) is 5.69 Å². The van der Waals surface area contributed by atoms with Gasteiger partial charge >= 0.3 is 5.97 Å². The normalized spacial score (nSPS) is 16.2. The standard InChI is InChI=1S/C24H19ClN2O5S/c1-31-12-11-27-22(28)21(33-24(27)26-16-5-3-2-4-6-16)14-17-8-10-20(32-17)15-7-9-18(23(29)30)19(25)13-15/h2-10,13-14H,11-12H2,1H3,(H,29,30)/b21-14+,26-24?. The van der Waals surface area contributed by atoms with Gasteiger partial charge in [0, 0.05) is 18.7 Å². The summed E-state index contributed by atoms with van der Waals surface area (Å²) in [5, 5.41) is 9.82. The molecule has 7 nitrogen and oxygen atoms in total. The molecule has 4 rings (SSSR count). The number of benzene rings is 2. The Balaban J connectivity index is 1.60. The molecule has 0 saturated carbocycles. The number of halogens is 1. The Morgan fingerprint density at radius 3 is 2.70 bits per heavy atom. The number of nitrogens with zero attached hydrogens (tertiary/aromatic N) is 2. The molecule has 1 N–H and O–H groups in total. The van der Waals surface area contributed by atoms with Crippen LogP contribution in [-0.4, -0.2) is 47.3 Å². The quantitative estimate of drug-likeness (QED) is 0.444. The van der Waals surface area contributed by atoms with Crippen molar-refractivity contribution in [1.82, 2.24) is 4.90 Å². The molecule has 9 heteroatoms. The second-order valence-corrected chi connectivity index (χ2v) is 8.41. The summed E-state index contributed by atoms with van der Waals surface area (Å²) in [6.45, 7) is 0.758. The molecule has 0 aliphatic carbocycles. The highest BCUT2D eigenvalue weighted by Gasteiger charge is 2.33. The van der Waals surface area contributed by atoms with Gasteiger partial charge in [-0.1, -0.05) is 35.9 Å². The van der Waals surface area contributed by atoms with Crippen LogP contribution in [0.1, 0.15) is 16.1 Å². The van der Waals surface area contributed by atoms with Crippen molar-refractivity contribution in [2.45, 2.75) is 0 Å². The van der Waals surface area contributed by atoms with Crippen molar-refractivity contribution in [1.29, 1.82) is 0 Å². The second-order valence-electron chi connectivity index (χ2n) is 6.99. The molecule has 0 spiro atoms. The first-order valence-electron chi connectivity index (χ1n) is 9.93. The van der Waals surface area contributed by atoms with Gasteiger partial charge in [-0.2, -0.15) is 0 Å². The SMILES string of the molecule is COCCN1C(=O)/C(=C\c2ccc(-c3ccc(C(=O)O)c(Cl)c3)o2)SC1=Nc1ccccc1. The number of para-hydroxylation sites is 1. The number of carbonyl (C=O) groups is 2. The Morgan fingerprint density at radius 2 is 2.00 bits per heavy atom. The van der Waals surface area contributed by atoms with Crippen molar-refractivity contribution in [2.24, 2.45) is 4.99 Å². The minimum atomic E-state index is -1.10. The minimum Gasteiger partial charge on any atom is -0.478 e. The van der Waals surface area contributed by atoms with Gasteiger partial charge in [0.1, 0.15) is 11.5 Å². The highest BCUT2D eigenvalue weighted by molar-refractivity contribution is 8.18. The smallest absolute Gasteiger partial charge is 0.337 e. The zero-order valence-electron chi connectivity index (χ0n) is 17.5. The Bertz CT molecular complexity index is 1250. The highest BCUT2D eigenvalue weighted by atomic mass is 35.5. The molecule has 1 amide bonds. The number of ether oxygens (including phenoxy) is 1. The van der Waals surface area contributed by atoms with Crippen molar-refractivity contribution in [3.8, 4) is 11.3 Å². The molecule has 1 aliphatic heterocycles. The second kappa shape index (κ2) is 10.1. The number of carbonyl (C=O) groups excluding carboxylic acids is 1. The Kier molecular flexibility index (Phi) is 6.98. The average molecular weight is 483 g/mol.